The normalized spacial score (nSPS) is 35.0. The van der Waals surface area contributed by atoms with Gasteiger partial charge >= 0.3 is 0 Å². The molecule has 5 N–H and O–H groups in total. The van der Waals surface area contributed by atoms with E-state index in [-0.39, 0.29) is 17.2 Å². The summed E-state index contributed by atoms with van der Waals surface area (Å²) in [7, 11) is 0. The van der Waals surface area contributed by atoms with Gasteiger partial charge in [0.25, 0.3) is 5.56 Å². The maximum Gasteiger partial charge on any atom is 0.280 e. The Morgan fingerprint density at radius 3 is 3.00 bits per heavy atom. The van der Waals surface area contributed by atoms with Crippen LogP contribution in [0.2, 0.25) is 0 Å². The van der Waals surface area contributed by atoms with Crippen molar-refractivity contribution in [1.29, 1.82) is 0 Å². The van der Waals surface area contributed by atoms with Crippen molar-refractivity contribution in [3.63, 3.8) is 0 Å². The molecular formula is C14H20N6O4. The van der Waals surface area contributed by atoms with Crippen molar-refractivity contribution >= 4 is 17.1 Å². The zero-order valence-electron chi connectivity index (χ0n) is 13.4. The van der Waals surface area contributed by atoms with E-state index in [0.29, 0.717) is 24.7 Å². The number of rotatable bonds is 4. The van der Waals surface area contributed by atoms with Gasteiger partial charge in [-0.05, 0) is 13.8 Å². The fraction of sp³-hybridized carbons (Fsp3) is 0.643. The second-order valence-corrected chi connectivity index (χ2v) is 6.33. The van der Waals surface area contributed by atoms with Gasteiger partial charge in [-0.25, -0.2) is 4.98 Å². The summed E-state index contributed by atoms with van der Waals surface area (Å²) in [6.07, 6.45) is -0.630. The summed E-state index contributed by atoms with van der Waals surface area (Å²) in [5.74, 6) is 0.309. The van der Waals surface area contributed by atoms with Gasteiger partial charge in [0.05, 0.1) is 12.4 Å². The number of hydrogen-bond donors (Lipinski definition) is 4. The lowest BCUT2D eigenvalue weighted by Crippen LogP contribution is -2.42. The minimum absolute atomic E-state index is 0.201. The first-order valence-electron chi connectivity index (χ1n) is 7.88. The number of nitrogens with two attached hydrogens (primary N) is 1. The predicted octanol–water partition coefficient (Wildman–Crippen LogP) is -1.07. The van der Waals surface area contributed by atoms with Crippen molar-refractivity contribution in [1.82, 2.24) is 19.5 Å². The first kappa shape index (κ1) is 15.5. The van der Waals surface area contributed by atoms with Crippen LogP contribution in [0.25, 0.3) is 11.2 Å². The minimum atomic E-state index is -0.798. The third-order valence-electron chi connectivity index (χ3n) is 4.87. The lowest BCUT2D eigenvalue weighted by Gasteiger charge is -2.33. The molecule has 130 valence electrons. The average Bonchev–Trinajstić information content (AvgIpc) is 3.14. The van der Waals surface area contributed by atoms with Crippen LogP contribution in [-0.4, -0.2) is 61.6 Å². The van der Waals surface area contributed by atoms with Crippen molar-refractivity contribution in [3.05, 3.63) is 16.7 Å². The van der Waals surface area contributed by atoms with Crippen LogP contribution in [-0.2, 0) is 9.47 Å². The van der Waals surface area contributed by atoms with Gasteiger partial charge in [0.2, 0.25) is 5.95 Å². The Labute approximate surface area is 137 Å². The maximum atomic E-state index is 12.2. The second kappa shape index (κ2) is 5.24. The molecular weight excluding hydrogens is 316 g/mol. The molecule has 0 aliphatic carbocycles. The Hall–Kier alpha value is -2.01. The third kappa shape index (κ3) is 2.00. The summed E-state index contributed by atoms with van der Waals surface area (Å²) in [5, 5.41) is 13.4. The number of aromatic nitrogens is 4. The van der Waals surface area contributed by atoms with Crippen LogP contribution in [0.3, 0.4) is 0 Å². The van der Waals surface area contributed by atoms with Crippen LogP contribution in [0.5, 0.6) is 0 Å². The molecule has 0 unspecified atom stereocenters. The summed E-state index contributed by atoms with van der Waals surface area (Å²) in [5.41, 5.74) is 4.86. The van der Waals surface area contributed by atoms with Gasteiger partial charge in [-0.2, -0.15) is 4.98 Å². The highest BCUT2D eigenvalue weighted by molar-refractivity contribution is 5.71. The molecule has 10 nitrogen and oxygen atoms in total. The number of anilines is 1. The zero-order chi connectivity index (χ0) is 17.1. The van der Waals surface area contributed by atoms with Crippen molar-refractivity contribution in [2.75, 3.05) is 18.4 Å². The summed E-state index contributed by atoms with van der Waals surface area (Å²) >= 11 is 0. The van der Waals surface area contributed by atoms with Crippen LogP contribution in [0.4, 0.5) is 5.95 Å². The van der Waals surface area contributed by atoms with E-state index in [0.717, 1.165) is 0 Å². The number of aliphatic hydroxyl groups excluding tert-OH is 1. The van der Waals surface area contributed by atoms with Gasteiger partial charge in [-0.1, -0.05) is 0 Å². The second-order valence-electron chi connectivity index (χ2n) is 6.33. The SMILES string of the molecule is C[C@@H]1O[C@H]2[C@H](n3cnc4c(=O)[nH]c(NCCN)nc43)O[C@]1(C)[C@H]2O. The lowest BCUT2D eigenvalue weighted by molar-refractivity contribution is -0.198. The molecule has 2 bridgehead atoms. The molecule has 2 aromatic heterocycles. The highest BCUT2D eigenvalue weighted by atomic mass is 16.7. The fourth-order valence-electron chi connectivity index (χ4n) is 3.33. The molecule has 2 aromatic rings. The molecule has 5 atom stereocenters. The summed E-state index contributed by atoms with van der Waals surface area (Å²) < 4.78 is 13.5. The number of fused-ring (bicyclic) bond motifs is 3. The van der Waals surface area contributed by atoms with E-state index in [4.69, 9.17) is 15.2 Å². The summed E-state index contributed by atoms with van der Waals surface area (Å²) in [6.45, 7) is 4.56. The van der Waals surface area contributed by atoms with Crippen molar-refractivity contribution in [2.45, 2.75) is 44.0 Å². The predicted molar refractivity (Wildman–Crippen MR) is 84.6 cm³/mol. The average molecular weight is 336 g/mol. The van der Waals surface area contributed by atoms with Crippen LogP contribution < -0.4 is 16.6 Å². The van der Waals surface area contributed by atoms with Gasteiger partial charge in [-0.3, -0.25) is 14.3 Å². The third-order valence-corrected chi connectivity index (χ3v) is 4.87. The molecule has 24 heavy (non-hydrogen) atoms. The van der Waals surface area contributed by atoms with E-state index in [1.54, 1.807) is 4.57 Å². The molecule has 4 rings (SSSR count). The largest absolute Gasteiger partial charge is 0.387 e. The number of nitrogens with one attached hydrogen (secondary N) is 2. The van der Waals surface area contributed by atoms with E-state index in [1.165, 1.54) is 6.33 Å². The number of nitrogens with zero attached hydrogens (tertiary/aromatic N) is 3. The quantitative estimate of drug-likeness (QED) is 0.553. The number of hydrogen-bond acceptors (Lipinski definition) is 8. The van der Waals surface area contributed by atoms with E-state index < -0.39 is 24.0 Å². The molecule has 4 heterocycles. The first-order valence-corrected chi connectivity index (χ1v) is 7.88. The Morgan fingerprint density at radius 1 is 1.58 bits per heavy atom. The number of imidazole rings is 1. The molecule has 0 spiro atoms. The Kier molecular flexibility index (Phi) is 3.39. The van der Waals surface area contributed by atoms with Gasteiger partial charge in [0.1, 0.15) is 17.8 Å². The molecule has 0 radical (unpaired) electrons. The van der Waals surface area contributed by atoms with E-state index in [1.807, 2.05) is 13.8 Å². The van der Waals surface area contributed by atoms with Gasteiger partial charge in [0, 0.05) is 13.1 Å². The molecule has 10 heteroatoms. The van der Waals surface area contributed by atoms with E-state index in [9.17, 15) is 9.90 Å². The van der Waals surface area contributed by atoms with Crippen LogP contribution in [0.15, 0.2) is 11.1 Å². The summed E-state index contributed by atoms with van der Waals surface area (Å²) in [4.78, 5) is 23.3. The highest BCUT2D eigenvalue weighted by Gasteiger charge is 2.63. The molecule has 2 aliphatic rings. The molecule has 2 aliphatic heterocycles. The Balaban J connectivity index is 1.76. The Bertz CT molecular complexity index is 834. The monoisotopic (exact) mass is 336 g/mol. The minimum Gasteiger partial charge on any atom is -0.387 e. The topological polar surface area (TPSA) is 140 Å². The first-order chi connectivity index (χ1) is 11.5. The number of aromatic amines is 1. The standard InChI is InChI=1S/C14H20N6O4/c1-6-14(2)9(21)8(23-6)12(24-14)20-5-17-7-10(20)18-13(16-4-3-15)19-11(7)22/h5-6,8-9,12,21H,3-4,15H2,1-2H3,(H2,16,18,19,22)/t6-,8+,9-,12+,14-/m0/s1. The number of H-pyrrole nitrogens is 1. The van der Waals surface area contributed by atoms with Gasteiger partial charge in [-0.15, -0.1) is 0 Å². The van der Waals surface area contributed by atoms with Crippen molar-refractivity contribution < 1.29 is 14.6 Å². The van der Waals surface area contributed by atoms with E-state index in [2.05, 4.69) is 20.3 Å². The van der Waals surface area contributed by atoms with Gasteiger partial charge < -0.3 is 25.6 Å². The Morgan fingerprint density at radius 2 is 2.38 bits per heavy atom. The molecule has 2 fully saturated rings. The fourth-order valence-corrected chi connectivity index (χ4v) is 3.33. The number of aliphatic hydroxyl groups is 1. The number of ether oxygens (including phenoxy) is 2. The van der Waals surface area contributed by atoms with Gasteiger partial charge in [0.15, 0.2) is 17.4 Å². The zero-order valence-corrected chi connectivity index (χ0v) is 13.4. The van der Waals surface area contributed by atoms with Crippen molar-refractivity contribution in [2.24, 2.45) is 5.73 Å². The van der Waals surface area contributed by atoms with Crippen LogP contribution in [0.1, 0.15) is 20.1 Å². The van der Waals surface area contributed by atoms with Crippen molar-refractivity contribution in [3.8, 4) is 0 Å². The lowest BCUT2D eigenvalue weighted by atomic mass is 9.96. The van der Waals surface area contributed by atoms with Crippen LogP contribution in [0, 0.1) is 0 Å². The maximum absolute atomic E-state index is 12.2. The highest BCUT2D eigenvalue weighted by Crippen LogP contribution is 2.48. The van der Waals surface area contributed by atoms with Crippen LogP contribution >= 0.6 is 0 Å². The molecule has 0 amide bonds. The molecule has 0 aromatic carbocycles. The molecule has 0 saturated carbocycles. The summed E-state index contributed by atoms with van der Waals surface area (Å²) in [6, 6.07) is 0. The smallest absolute Gasteiger partial charge is 0.280 e. The molecule has 2 saturated heterocycles. The van der Waals surface area contributed by atoms with E-state index >= 15 is 0 Å².